The quantitative estimate of drug-likeness (QED) is 0.226. The summed E-state index contributed by atoms with van der Waals surface area (Å²) in [6, 6.07) is 16.2. The molecule has 1 heterocycles. The van der Waals surface area contributed by atoms with Crippen LogP contribution in [0.5, 0.6) is 11.5 Å². The van der Waals surface area contributed by atoms with E-state index in [4.69, 9.17) is 21.1 Å². The van der Waals surface area contributed by atoms with Gasteiger partial charge in [0, 0.05) is 10.6 Å². The number of anilines is 1. The Morgan fingerprint density at radius 1 is 0.976 bits per heavy atom. The second-order valence-corrected chi connectivity index (χ2v) is 9.73. The molecule has 0 saturated heterocycles. The normalized spacial score (nSPS) is 11.2. The summed E-state index contributed by atoms with van der Waals surface area (Å²) in [5, 5.41) is 14.1. The van der Waals surface area contributed by atoms with E-state index >= 15 is 0 Å². The van der Waals surface area contributed by atoms with Crippen molar-refractivity contribution in [1.82, 2.24) is 20.1 Å². The molecule has 2 N–H and O–H groups in total. The maximum Gasteiger partial charge on any atom is 0.418 e. The molecule has 3 aromatic carbocycles. The van der Waals surface area contributed by atoms with Gasteiger partial charge in [-0.25, -0.2) is 0 Å². The molecule has 0 bridgehead atoms. The first-order valence-electron chi connectivity index (χ1n) is 11.9. The summed E-state index contributed by atoms with van der Waals surface area (Å²) in [5.74, 6) is -0.164. The summed E-state index contributed by atoms with van der Waals surface area (Å²) >= 11 is 7.15. The highest BCUT2D eigenvalue weighted by Crippen LogP contribution is 2.35. The van der Waals surface area contributed by atoms with Gasteiger partial charge in [0.15, 0.2) is 22.5 Å². The average Bonchev–Trinajstić information content (AvgIpc) is 3.36. The molecule has 0 radical (unpaired) electrons. The van der Waals surface area contributed by atoms with Crippen LogP contribution in [0, 0.1) is 0 Å². The minimum atomic E-state index is -4.62. The number of carbonyl (C=O) groups is 2. The van der Waals surface area contributed by atoms with Crippen LogP contribution in [0.1, 0.15) is 21.7 Å². The van der Waals surface area contributed by atoms with Crippen molar-refractivity contribution in [2.45, 2.75) is 17.9 Å². The number of rotatable bonds is 10. The lowest BCUT2D eigenvalue weighted by atomic mass is 10.1. The number of hydrogen-bond acceptors (Lipinski definition) is 7. The Kier molecular flexibility index (Phi) is 9.40. The molecule has 0 aliphatic rings. The lowest BCUT2D eigenvalue weighted by Crippen LogP contribution is -2.24. The fourth-order valence-corrected chi connectivity index (χ4v) is 4.73. The number of amides is 2. The minimum Gasteiger partial charge on any atom is -0.493 e. The van der Waals surface area contributed by atoms with E-state index in [0.717, 1.165) is 17.8 Å². The van der Waals surface area contributed by atoms with Crippen LogP contribution in [0.2, 0.25) is 5.02 Å². The van der Waals surface area contributed by atoms with Crippen molar-refractivity contribution in [3.05, 3.63) is 88.7 Å². The maximum absolute atomic E-state index is 13.3. The zero-order chi connectivity index (χ0) is 29.6. The molecule has 0 aliphatic carbocycles. The molecule has 0 atom stereocenters. The van der Waals surface area contributed by atoms with Crippen molar-refractivity contribution in [2.24, 2.45) is 0 Å². The van der Waals surface area contributed by atoms with Crippen molar-refractivity contribution in [1.29, 1.82) is 0 Å². The highest BCUT2D eigenvalue weighted by atomic mass is 35.5. The average molecular weight is 606 g/mol. The van der Waals surface area contributed by atoms with Gasteiger partial charge in [0.25, 0.3) is 5.91 Å². The van der Waals surface area contributed by atoms with Gasteiger partial charge in [0.2, 0.25) is 5.91 Å². The molecule has 0 spiro atoms. The number of aromatic nitrogens is 3. The topological polar surface area (TPSA) is 107 Å². The zero-order valence-corrected chi connectivity index (χ0v) is 23.2. The molecule has 0 aliphatic heterocycles. The van der Waals surface area contributed by atoms with E-state index < -0.39 is 23.6 Å². The molecule has 0 saturated carbocycles. The fraction of sp³-hybridized carbons (Fsp3) is 0.185. The van der Waals surface area contributed by atoms with Crippen LogP contribution in [-0.4, -0.2) is 46.6 Å². The fourth-order valence-electron chi connectivity index (χ4n) is 3.78. The van der Waals surface area contributed by atoms with Crippen LogP contribution < -0.4 is 20.1 Å². The smallest absolute Gasteiger partial charge is 0.418 e. The van der Waals surface area contributed by atoms with Gasteiger partial charge < -0.3 is 20.1 Å². The number of hydrogen-bond donors (Lipinski definition) is 2. The molecule has 2 amide bonds. The first kappa shape index (κ1) is 29.7. The van der Waals surface area contributed by atoms with E-state index in [1.807, 2.05) is 0 Å². The highest BCUT2D eigenvalue weighted by molar-refractivity contribution is 7.99. The summed E-state index contributed by atoms with van der Waals surface area (Å²) in [7, 11) is 2.95. The van der Waals surface area contributed by atoms with Crippen molar-refractivity contribution < 1.29 is 32.2 Å². The largest absolute Gasteiger partial charge is 0.493 e. The molecule has 4 rings (SSSR count). The number of ether oxygens (including phenoxy) is 2. The Balaban J connectivity index is 1.52. The molecular formula is C27H23ClF3N5O4S. The van der Waals surface area contributed by atoms with Crippen LogP contribution in [0.4, 0.5) is 18.9 Å². The SMILES string of the molecule is COc1ccc(C(=O)NCc2nnc(SCC(=O)Nc3ccccc3C(F)(F)F)n2-c2cccc(Cl)c2)cc1OC. The number of thioether (sulfide) groups is 1. The molecular weight excluding hydrogens is 583 g/mol. The Morgan fingerprint density at radius 3 is 2.44 bits per heavy atom. The zero-order valence-electron chi connectivity index (χ0n) is 21.7. The van der Waals surface area contributed by atoms with Crippen LogP contribution >= 0.6 is 23.4 Å². The summed E-state index contributed by atoms with van der Waals surface area (Å²) < 4.78 is 52.0. The molecule has 0 unspecified atom stereocenters. The van der Waals surface area contributed by atoms with E-state index in [-0.39, 0.29) is 23.1 Å². The lowest BCUT2D eigenvalue weighted by Gasteiger charge is -2.14. The third-order valence-electron chi connectivity index (χ3n) is 5.66. The number of para-hydroxylation sites is 1. The number of nitrogens with zero attached hydrogens (tertiary/aromatic N) is 3. The molecule has 41 heavy (non-hydrogen) atoms. The highest BCUT2D eigenvalue weighted by Gasteiger charge is 2.33. The number of nitrogens with one attached hydrogen (secondary N) is 2. The monoisotopic (exact) mass is 605 g/mol. The molecule has 9 nitrogen and oxygen atoms in total. The van der Waals surface area contributed by atoms with Gasteiger partial charge in [-0.1, -0.05) is 41.6 Å². The molecule has 0 fully saturated rings. The third-order valence-corrected chi connectivity index (χ3v) is 6.82. The maximum atomic E-state index is 13.3. The summed E-state index contributed by atoms with van der Waals surface area (Å²) in [5.41, 5.74) is -0.418. The van der Waals surface area contributed by atoms with Crippen molar-refractivity contribution in [2.75, 3.05) is 25.3 Å². The van der Waals surface area contributed by atoms with E-state index in [1.54, 1.807) is 41.0 Å². The lowest BCUT2D eigenvalue weighted by molar-refractivity contribution is -0.137. The molecule has 4 aromatic rings. The van der Waals surface area contributed by atoms with Gasteiger partial charge in [0.1, 0.15) is 0 Å². The summed E-state index contributed by atoms with van der Waals surface area (Å²) in [6.07, 6.45) is -4.62. The van der Waals surface area contributed by atoms with Gasteiger partial charge in [-0.05, 0) is 48.5 Å². The third kappa shape index (κ3) is 7.30. The number of carbonyl (C=O) groups excluding carboxylic acids is 2. The molecule has 1 aromatic heterocycles. The van der Waals surface area contributed by atoms with Crippen LogP contribution in [0.15, 0.2) is 71.9 Å². The predicted molar refractivity (Wildman–Crippen MR) is 148 cm³/mol. The van der Waals surface area contributed by atoms with Gasteiger partial charge >= 0.3 is 6.18 Å². The predicted octanol–water partition coefficient (Wildman–Crippen LogP) is 5.62. The molecule has 214 valence electrons. The van der Waals surface area contributed by atoms with Crippen molar-refractivity contribution in [3.8, 4) is 17.2 Å². The van der Waals surface area contributed by atoms with Gasteiger partial charge in [0.05, 0.1) is 43.5 Å². The molecule has 14 heteroatoms. The van der Waals surface area contributed by atoms with E-state index in [9.17, 15) is 22.8 Å². The van der Waals surface area contributed by atoms with Crippen LogP contribution in [0.3, 0.4) is 0 Å². The van der Waals surface area contributed by atoms with Gasteiger partial charge in [-0.15, -0.1) is 10.2 Å². The second kappa shape index (κ2) is 13.0. The van der Waals surface area contributed by atoms with E-state index in [0.29, 0.717) is 33.6 Å². The Labute approximate surface area is 242 Å². The Morgan fingerprint density at radius 2 is 1.73 bits per heavy atom. The standard InChI is InChI=1S/C27H23ClF3N5O4S/c1-39-21-11-10-16(12-22(21)40-2)25(38)32-14-23-34-35-26(36(23)18-7-5-6-17(28)13-18)41-15-24(37)33-20-9-4-3-8-19(20)27(29,30)31/h3-13H,14-15H2,1-2H3,(H,32,38)(H,33,37). The number of benzene rings is 3. The first-order chi connectivity index (χ1) is 19.6. The minimum absolute atomic E-state index is 0.0432. The van der Waals surface area contributed by atoms with E-state index in [1.165, 1.54) is 38.5 Å². The number of methoxy groups -OCH3 is 2. The summed E-state index contributed by atoms with van der Waals surface area (Å²) in [6.45, 7) is -0.0432. The van der Waals surface area contributed by atoms with Crippen LogP contribution in [0.25, 0.3) is 5.69 Å². The van der Waals surface area contributed by atoms with Crippen molar-refractivity contribution >= 4 is 40.9 Å². The van der Waals surface area contributed by atoms with Crippen LogP contribution in [-0.2, 0) is 17.5 Å². The van der Waals surface area contributed by atoms with Gasteiger partial charge in [-0.3, -0.25) is 14.2 Å². The Hall–Kier alpha value is -4.23. The van der Waals surface area contributed by atoms with Crippen molar-refractivity contribution in [3.63, 3.8) is 0 Å². The first-order valence-corrected chi connectivity index (χ1v) is 13.3. The second-order valence-electron chi connectivity index (χ2n) is 8.35. The Bertz CT molecular complexity index is 1560. The number of alkyl halides is 3. The van der Waals surface area contributed by atoms with E-state index in [2.05, 4.69) is 20.8 Å². The number of halogens is 4. The summed E-state index contributed by atoms with van der Waals surface area (Å²) in [4.78, 5) is 25.4. The van der Waals surface area contributed by atoms with Gasteiger partial charge in [-0.2, -0.15) is 13.2 Å².